The summed E-state index contributed by atoms with van der Waals surface area (Å²) in [5.74, 6) is 0. The van der Waals surface area contributed by atoms with E-state index in [0.29, 0.717) is 6.54 Å². The third-order valence-electron chi connectivity index (χ3n) is 1.82. The monoisotopic (exact) mass is 217 g/mol. The number of fused-ring (bicyclic) bond motifs is 1. The summed E-state index contributed by atoms with van der Waals surface area (Å²) in [6.45, 7) is 3.63. The normalized spacial score (nSPS) is 10.3. The third kappa shape index (κ3) is 1.85. The zero-order chi connectivity index (χ0) is 8.55. The minimum absolute atomic E-state index is 0. The lowest BCUT2D eigenvalue weighted by atomic mass is 10.4. The molecule has 2 rings (SSSR count). The van der Waals surface area contributed by atoms with Crippen LogP contribution in [0.3, 0.4) is 0 Å². The van der Waals surface area contributed by atoms with Crippen LogP contribution in [0.1, 0.15) is 11.8 Å². The highest BCUT2D eigenvalue weighted by molar-refractivity contribution is 7.19. The molecule has 0 aromatic carbocycles. The lowest BCUT2D eigenvalue weighted by molar-refractivity contribution is 0.668. The highest BCUT2D eigenvalue weighted by Gasteiger charge is 2.03. The van der Waals surface area contributed by atoms with E-state index < -0.39 is 0 Å². The summed E-state index contributed by atoms with van der Waals surface area (Å²) in [6.07, 6.45) is 2.07. The third-order valence-corrected chi connectivity index (χ3v) is 2.90. The van der Waals surface area contributed by atoms with Gasteiger partial charge in [0.25, 0.3) is 0 Å². The number of nitrogens with two attached hydrogens (primary N) is 1. The van der Waals surface area contributed by atoms with Crippen LogP contribution in [0.5, 0.6) is 0 Å². The molecule has 0 fully saturated rings. The summed E-state index contributed by atoms with van der Waals surface area (Å²) in [5, 5.41) is 4.37. The number of hydrogen-bond donors (Lipinski definition) is 1. The largest absolute Gasteiger partial charge is 0.326 e. The molecule has 0 radical (unpaired) electrons. The van der Waals surface area contributed by atoms with Crippen molar-refractivity contribution in [3.63, 3.8) is 0 Å². The Morgan fingerprint density at radius 3 is 2.92 bits per heavy atom. The first-order valence-corrected chi connectivity index (χ1v) is 4.81. The van der Waals surface area contributed by atoms with Crippen LogP contribution in [-0.4, -0.2) is 9.78 Å². The molecular formula is C8H12ClN3S. The molecule has 0 bridgehead atoms. The molecule has 2 heterocycles. The van der Waals surface area contributed by atoms with Gasteiger partial charge < -0.3 is 5.73 Å². The molecule has 0 aliphatic carbocycles. The maximum absolute atomic E-state index is 5.52. The topological polar surface area (TPSA) is 43.8 Å². The van der Waals surface area contributed by atoms with Gasteiger partial charge in [-0.25, -0.2) is 0 Å². The molecule has 0 saturated carbocycles. The Morgan fingerprint density at radius 1 is 1.62 bits per heavy atom. The predicted octanol–water partition coefficient (Wildman–Crippen LogP) is 2.00. The molecule has 13 heavy (non-hydrogen) atoms. The average molecular weight is 218 g/mol. The molecule has 0 saturated heterocycles. The molecular weight excluding hydrogens is 206 g/mol. The second kappa shape index (κ2) is 4.09. The fraction of sp³-hybridized carbons (Fsp3) is 0.375. The Labute approximate surface area is 86.9 Å². The van der Waals surface area contributed by atoms with Crippen LogP contribution in [0, 0.1) is 0 Å². The Morgan fingerprint density at radius 2 is 2.38 bits per heavy atom. The SMILES string of the molecule is CCn1cc2sc(CN)cc2n1.Cl. The standard InChI is InChI=1S/C8H11N3S.ClH/c1-2-11-5-8-7(10-11)3-6(4-9)12-8;/h3,5H,2,4,9H2,1H3;1H. The molecule has 3 nitrogen and oxygen atoms in total. The van der Waals surface area contributed by atoms with Crippen molar-refractivity contribution >= 4 is 34.0 Å². The molecule has 0 spiro atoms. The average Bonchev–Trinajstić information content (AvgIpc) is 2.59. The molecule has 0 aliphatic rings. The first-order chi connectivity index (χ1) is 5.83. The lowest BCUT2D eigenvalue weighted by Gasteiger charge is -1.90. The fourth-order valence-electron chi connectivity index (χ4n) is 1.18. The summed E-state index contributed by atoms with van der Waals surface area (Å²) in [5.41, 5.74) is 6.59. The van der Waals surface area contributed by atoms with E-state index in [0.717, 1.165) is 12.1 Å². The van der Waals surface area contributed by atoms with E-state index in [1.54, 1.807) is 11.3 Å². The zero-order valence-electron chi connectivity index (χ0n) is 7.36. The van der Waals surface area contributed by atoms with Gasteiger partial charge >= 0.3 is 0 Å². The minimum Gasteiger partial charge on any atom is -0.326 e. The van der Waals surface area contributed by atoms with E-state index in [2.05, 4.69) is 24.3 Å². The van der Waals surface area contributed by atoms with E-state index in [4.69, 9.17) is 5.73 Å². The number of thiophene rings is 1. The Bertz CT molecular complexity index is 328. The van der Waals surface area contributed by atoms with Crippen molar-refractivity contribution in [2.75, 3.05) is 0 Å². The molecule has 72 valence electrons. The van der Waals surface area contributed by atoms with Gasteiger partial charge in [-0.05, 0) is 13.0 Å². The van der Waals surface area contributed by atoms with Crippen LogP contribution < -0.4 is 5.73 Å². The van der Waals surface area contributed by atoms with Gasteiger partial charge in [0.05, 0.1) is 4.70 Å². The summed E-state index contributed by atoms with van der Waals surface area (Å²) >= 11 is 1.73. The van der Waals surface area contributed by atoms with Crippen molar-refractivity contribution < 1.29 is 0 Å². The summed E-state index contributed by atoms with van der Waals surface area (Å²) < 4.78 is 3.18. The second-order valence-corrected chi connectivity index (χ2v) is 3.82. The molecule has 0 unspecified atom stereocenters. The van der Waals surface area contributed by atoms with E-state index in [9.17, 15) is 0 Å². The Hall–Kier alpha value is -0.580. The van der Waals surface area contributed by atoms with E-state index in [1.807, 2.05) is 4.68 Å². The maximum atomic E-state index is 5.52. The maximum Gasteiger partial charge on any atom is 0.103 e. The molecule has 0 atom stereocenters. The Kier molecular flexibility index (Phi) is 3.30. The summed E-state index contributed by atoms with van der Waals surface area (Å²) in [4.78, 5) is 1.20. The number of rotatable bonds is 2. The van der Waals surface area contributed by atoms with Crippen molar-refractivity contribution in [1.82, 2.24) is 9.78 Å². The van der Waals surface area contributed by atoms with Crippen LogP contribution >= 0.6 is 23.7 Å². The predicted molar refractivity (Wildman–Crippen MR) is 58.4 cm³/mol. The first-order valence-electron chi connectivity index (χ1n) is 3.99. The van der Waals surface area contributed by atoms with Crippen molar-refractivity contribution in [3.05, 3.63) is 17.1 Å². The number of aromatic nitrogens is 2. The number of halogens is 1. The van der Waals surface area contributed by atoms with Gasteiger partial charge in [-0.3, -0.25) is 4.68 Å². The smallest absolute Gasteiger partial charge is 0.103 e. The van der Waals surface area contributed by atoms with Crippen LogP contribution in [0.25, 0.3) is 10.2 Å². The van der Waals surface area contributed by atoms with Gasteiger partial charge in [0, 0.05) is 24.2 Å². The van der Waals surface area contributed by atoms with E-state index in [-0.39, 0.29) is 12.4 Å². The minimum atomic E-state index is 0. The van der Waals surface area contributed by atoms with Crippen LogP contribution in [0.2, 0.25) is 0 Å². The van der Waals surface area contributed by atoms with Crippen LogP contribution in [-0.2, 0) is 13.1 Å². The van der Waals surface area contributed by atoms with Crippen LogP contribution in [0.15, 0.2) is 12.3 Å². The van der Waals surface area contributed by atoms with E-state index in [1.165, 1.54) is 9.58 Å². The van der Waals surface area contributed by atoms with Crippen molar-refractivity contribution in [1.29, 1.82) is 0 Å². The zero-order valence-corrected chi connectivity index (χ0v) is 8.99. The van der Waals surface area contributed by atoms with Gasteiger partial charge in [0.15, 0.2) is 0 Å². The van der Waals surface area contributed by atoms with Crippen molar-refractivity contribution in [2.45, 2.75) is 20.0 Å². The molecule has 2 aromatic rings. The van der Waals surface area contributed by atoms with Gasteiger partial charge in [-0.2, -0.15) is 5.10 Å². The van der Waals surface area contributed by atoms with E-state index >= 15 is 0 Å². The fourth-order valence-corrected chi connectivity index (χ4v) is 2.10. The molecule has 5 heteroatoms. The highest BCUT2D eigenvalue weighted by atomic mass is 35.5. The highest BCUT2D eigenvalue weighted by Crippen LogP contribution is 2.23. The molecule has 0 aliphatic heterocycles. The van der Waals surface area contributed by atoms with Gasteiger partial charge in [0.1, 0.15) is 5.52 Å². The summed E-state index contributed by atoms with van der Waals surface area (Å²) in [7, 11) is 0. The number of nitrogens with zero attached hydrogens (tertiary/aromatic N) is 2. The second-order valence-electron chi connectivity index (χ2n) is 2.65. The first kappa shape index (κ1) is 10.5. The van der Waals surface area contributed by atoms with Gasteiger partial charge in [-0.15, -0.1) is 23.7 Å². The quantitative estimate of drug-likeness (QED) is 0.836. The molecule has 0 amide bonds. The van der Waals surface area contributed by atoms with Gasteiger partial charge in [0.2, 0.25) is 0 Å². The number of aryl methyl sites for hydroxylation is 1. The molecule has 2 N–H and O–H groups in total. The lowest BCUT2D eigenvalue weighted by Crippen LogP contribution is -1.94. The van der Waals surface area contributed by atoms with Crippen LogP contribution in [0.4, 0.5) is 0 Å². The Balaban J connectivity index is 0.000000845. The van der Waals surface area contributed by atoms with Gasteiger partial charge in [-0.1, -0.05) is 0 Å². The molecule has 2 aromatic heterocycles. The number of hydrogen-bond acceptors (Lipinski definition) is 3. The van der Waals surface area contributed by atoms with Crippen molar-refractivity contribution in [2.24, 2.45) is 5.73 Å². The van der Waals surface area contributed by atoms with Crippen molar-refractivity contribution in [3.8, 4) is 0 Å². The summed E-state index contributed by atoms with van der Waals surface area (Å²) in [6, 6.07) is 2.06.